The zero-order chi connectivity index (χ0) is 16.5. The number of benzene rings is 3. The smallest absolute Gasteiger partial charge is 0.102 e. The van der Waals surface area contributed by atoms with Crippen molar-refractivity contribution in [2.75, 3.05) is 0 Å². The van der Waals surface area contributed by atoms with E-state index < -0.39 is 0 Å². The Hall–Kier alpha value is -3.00. The predicted octanol–water partition coefficient (Wildman–Crippen LogP) is 5.58. The van der Waals surface area contributed by atoms with Crippen molar-refractivity contribution < 1.29 is 0 Å². The van der Waals surface area contributed by atoms with Crippen molar-refractivity contribution in [2.24, 2.45) is 0 Å². The number of aromatic nitrogens is 2. The van der Waals surface area contributed by atoms with E-state index in [1.165, 1.54) is 16.7 Å². The molecule has 1 aromatic heterocycles. The lowest BCUT2D eigenvalue weighted by Gasteiger charge is -2.14. The second kappa shape index (κ2) is 5.89. The molecule has 0 N–H and O–H groups in total. The molecule has 0 radical (unpaired) electrons. The number of hydrogen-bond acceptors (Lipinski definition) is 2. The maximum atomic E-state index is 4.61. The van der Waals surface area contributed by atoms with Gasteiger partial charge in [-0.05, 0) is 37.1 Å². The highest BCUT2D eigenvalue weighted by atomic mass is 15.1. The van der Waals surface area contributed by atoms with Crippen molar-refractivity contribution in [3.05, 3.63) is 83.9 Å². The molecule has 0 fully saturated rings. The van der Waals surface area contributed by atoms with Gasteiger partial charge in [-0.25, -0.2) is 0 Å². The molecular weight excluding hydrogens is 292 g/mol. The standard InChI is InChI=1S/C22H18N2/c1-15-12-13-16(2)19(14-15)22-21(17-8-4-3-5-9-17)18-10-6-7-11-20(18)23-24-22/h3-14H,1-2H3. The highest BCUT2D eigenvalue weighted by molar-refractivity contribution is 6.00. The van der Waals surface area contributed by atoms with Crippen LogP contribution in [0, 0.1) is 13.8 Å². The number of nitrogens with zero attached hydrogens (tertiary/aromatic N) is 2. The van der Waals surface area contributed by atoms with Crippen LogP contribution in [-0.4, -0.2) is 10.2 Å². The number of hydrogen-bond donors (Lipinski definition) is 0. The molecular formula is C22H18N2. The molecule has 4 aromatic rings. The summed E-state index contributed by atoms with van der Waals surface area (Å²) in [5.41, 5.74) is 7.76. The minimum atomic E-state index is 0.922. The molecule has 0 saturated heterocycles. The van der Waals surface area contributed by atoms with Gasteiger partial charge in [-0.15, -0.1) is 10.2 Å². The molecule has 1 heterocycles. The molecule has 0 atom stereocenters. The number of fused-ring (bicyclic) bond motifs is 1. The fourth-order valence-corrected chi connectivity index (χ4v) is 3.13. The van der Waals surface area contributed by atoms with E-state index in [9.17, 15) is 0 Å². The normalized spacial score (nSPS) is 10.9. The quantitative estimate of drug-likeness (QED) is 0.483. The van der Waals surface area contributed by atoms with Crippen LogP contribution in [0.25, 0.3) is 33.3 Å². The Morgan fingerprint density at radius 2 is 1.46 bits per heavy atom. The molecule has 0 spiro atoms. The molecule has 116 valence electrons. The summed E-state index contributed by atoms with van der Waals surface area (Å²) in [6.07, 6.45) is 0. The van der Waals surface area contributed by atoms with Crippen molar-refractivity contribution in [1.29, 1.82) is 0 Å². The van der Waals surface area contributed by atoms with Gasteiger partial charge < -0.3 is 0 Å². The average Bonchev–Trinajstić information content (AvgIpc) is 2.63. The SMILES string of the molecule is Cc1ccc(C)c(-c2nnc3ccccc3c2-c2ccccc2)c1. The largest absolute Gasteiger partial charge is 0.150 e. The van der Waals surface area contributed by atoms with Gasteiger partial charge in [0, 0.05) is 16.5 Å². The van der Waals surface area contributed by atoms with Crippen molar-refractivity contribution >= 4 is 10.9 Å². The van der Waals surface area contributed by atoms with Gasteiger partial charge in [-0.1, -0.05) is 66.2 Å². The first-order chi connectivity index (χ1) is 11.7. The molecule has 0 unspecified atom stereocenters. The number of rotatable bonds is 2. The van der Waals surface area contributed by atoms with Crippen molar-refractivity contribution in [2.45, 2.75) is 13.8 Å². The van der Waals surface area contributed by atoms with Crippen LogP contribution in [0.3, 0.4) is 0 Å². The van der Waals surface area contributed by atoms with Gasteiger partial charge >= 0.3 is 0 Å². The zero-order valence-electron chi connectivity index (χ0n) is 13.8. The lowest BCUT2D eigenvalue weighted by Crippen LogP contribution is -1.97. The Bertz CT molecular complexity index is 1020. The average molecular weight is 310 g/mol. The molecule has 0 bridgehead atoms. The van der Waals surface area contributed by atoms with Crippen LogP contribution in [0.2, 0.25) is 0 Å². The van der Waals surface area contributed by atoms with Crippen LogP contribution in [-0.2, 0) is 0 Å². The first-order valence-electron chi connectivity index (χ1n) is 8.12. The third kappa shape index (κ3) is 2.46. The van der Waals surface area contributed by atoms with Crippen LogP contribution >= 0.6 is 0 Å². The third-order valence-corrected chi connectivity index (χ3v) is 4.38. The van der Waals surface area contributed by atoms with Gasteiger partial charge in [0.05, 0.1) is 5.52 Å². The second-order valence-corrected chi connectivity index (χ2v) is 6.13. The van der Waals surface area contributed by atoms with E-state index in [1.807, 2.05) is 18.2 Å². The van der Waals surface area contributed by atoms with E-state index in [0.717, 1.165) is 27.7 Å². The topological polar surface area (TPSA) is 25.8 Å². The summed E-state index contributed by atoms with van der Waals surface area (Å²) in [4.78, 5) is 0. The summed E-state index contributed by atoms with van der Waals surface area (Å²) in [6, 6.07) is 25.1. The second-order valence-electron chi connectivity index (χ2n) is 6.13. The van der Waals surface area contributed by atoms with E-state index in [1.54, 1.807) is 0 Å². The molecule has 3 aromatic carbocycles. The molecule has 2 nitrogen and oxygen atoms in total. The summed E-state index contributed by atoms with van der Waals surface area (Å²) in [6.45, 7) is 4.24. The highest BCUT2D eigenvalue weighted by Gasteiger charge is 2.15. The molecule has 2 heteroatoms. The lowest BCUT2D eigenvalue weighted by atomic mass is 9.93. The van der Waals surface area contributed by atoms with Crippen molar-refractivity contribution in [3.8, 4) is 22.4 Å². The van der Waals surface area contributed by atoms with Gasteiger partial charge in [0.1, 0.15) is 5.69 Å². The van der Waals surface area contributed by atoms with Gasteiger partial charge in [-0.3, -0.25) is 0 Å². The molecule has 0 saturated carbocycles. The maximum Gasteiger partial charge on any atom is 0.102 e. The Morgan fingerprint density at radius 1 is 0.708 bits per heavy atom. The molecule has 4 rings (SSSR count). The fraction of sp³-hybridized carbons (Fsp3) is 0.0909. The van der Waals surface area contributed by atoms with Gasteiger partial charge in [0.2, 0.25) is 0 Å². The third-order valence-electron chi connectivity index (χ3n) is 4.38. The summed E-state index contributed by atoms with van der Waals surface area (Å²) in [5, 5.41) is 10.2. The molecule has 0 aliphatic carbocycles. The van der Waals surface area contributed by atoms with Crippen LogP contribution < -0.4 is 0 Å². The Kier molecular flexibility index (Phi) is 3.58. The maximum absolute atomic E-state index is 4.61. The lowest BCUT2D eigenvalue weighted by molar-refractivity contribution is 1.08. The van der Waals surface area contributed by atoms with Crippen LogP contribution in [0.5, 0.6) is 0 Å². The molecule has 0 aliphatic heterocycles. The Balaban J connectivity index is 2.11. The summed E-state index contributed by atoms with van der Waals surface area (Å²) >= 11 is 0. The van der Waals surface area contributed by atoms with Crippen molar-refractivity contribution in [3.63, 3.8) is 0 Å². The first kappa shape index (κ1) is 14.6. The molecule has 24 heavy (non-hydrogen) atoms. The van der Waals surface area contributed by atoms with E-state index in [-0.39, 0.29) is 0 Å². The summed E-state index contributed by atoms with van der Waals surface area (Å²) < 4.78 is 0. The van der Waals surface area contributed by atoms with Crippen LogP contribution in [0.15, 0.2) is 72.8 Å². The minimum Gasteiger partial charge on any atom is -0.150 e. The fourth-order valence-electron chi connectivity index (χ4n) is 3.13. The van der Waals surface area contributed by atoms with Crippen LogP contribution in [0.1, 0.15) is 11.1 Å². The van der Waals surface area contributed by atoms with Gasteiger partial charge in [0.15, 0.2) is 0 Å². The van der Waals surface area contributed by atoms with E-state index in [2.05, 4.69) is 78.6 Å². The predicted molar refractivity (Wildman–Crippen MR) is 99.9 cm³/mol. The Labute approximate surface area is 141 Å². The monoisotopic (exact) mass is 310 g/mol. The van der Waals surface area contributed by atoms with E-state index in [0.29, 0.717) is 0 Å². The van der Waals surface area contributed by atoms with Gasteiger partial charge in [0.25, 0.3) is 0 Å². The minimum absolute atomic E-state index is 0.922. The van der Waals surface area contributed by atoms with Gasteiger partial charge in [-0.2, -0.15) is 0 Å². The summed E-state index contributed by atoms with van der Waals surface area (Å²) in [7, 11) is 0. The molecule has 0 amide bonds. The number of aryl methyl sites for hydroxylation is 2. The molecule has 0 aliphatic rings. The zero-order valence-corrected chi connectivity index (χ0v) is 13.8. The summed E-state index contributed by atoms with van der Waals surface area (Å²) in [5.74, 6) is 0. The van der Waals surface area contributed by atoms with E-state index in [4.69, 9.17) is 0 Å². The van der Waals surface area contributed by atoms with Crippen molar-refractivity contribution in [1.82, 2.24) is 10.2 Å². The first-order valence-corrected chi connectivity index (χ1v) is 8.12. The van der Waals surface area contributed by atoms with Crippen LogP contribution in [0.4, 0.5) is 0 Å². The van der Waals surface area contributed by atoms with E-state index >= 15 is 0 Å². The Morgan fingerprint density at radius 3 is 2.29 bits per heavy atom. The highest BCUT2D eigenvalue weighted by Crippen LogP contribution is 2.36.